The molecule has 0 spiro atoms. The van der Waals surface area contributed by atoms with Crippen LogP contribution in [0.25, 0.3) is 38.4 Å². The molecule has 1 saturated heterocycles. The van der Waals surface area contributed by atoms with Crippen molar-refractivity contribution >= 4 is 44.1 Å². The van der Waals surface area contributed by atoms with Crippen LogP contribution in [-0.2, 0) is 10.3 Å². The Morgan fingerprint density at radius 2 is 1.36 bits per heavy atom. The Labute approximate surface area is 253 Å². The van der Waals surface area contributed by atoms with Crippen LogP contribution in [0.3, 0.4) is 0 Å². The highest BCUT2D eigenvalue weighted by Crippen LogP contribution is 2.51. The first kappa shape index (κ1) is 26.7. The van der Waals surface area contributed by atoms with Gasteiger partial charge in [-0.15, -0.1) is 0 Å². The van der Waals surface area contributed by atoms with Gasteiger partial charge in [0.05, 0.1) is 20.3 Å². The van der Waals surface area contributed by atoms with E-state index in [0.717, 1.165) is 29.9 Å². The van der Waals surface area contributed by atoms with Crippen molar-refractivity contribution in [2.24, 2.45) is 0 Å². The molecule has 44 heavy (non-hydrogen) atoms. The summed E-state index contributed by atoms with van der Waals surface area (Å²) in [7, 11) is 1.57. The predicted octanol–water partition coefficient (Wildman–Crippen LogP) is 8.62. The molecule has 0 amide bonds. The second-order valence-corrected chi connectivity index (χ2v) is 11.3. The summed E-state index contributed by atoms with van der Waals surface area (Å²) in [5.41, 5.74) is 2.65. The molecule has 0 bridgehead atoms. The second kappa shape index (κ2) is 10.4. The summed E-state index contributed by atoms with van der Waals surface area (Å²) >= 11 is 0. The lowest BCUT2D eigenvalue weighted by molar-refractivity contribution is 0.122. The average Bonchev–Trinajstić information content (AvgIpc) is 3.08. The summed E-state index contributed by atoms with van der Waals surface area (Å²) in [6.07, 6.45) is 4.00. The molecule has 1 unspecified atom stereocenters. The van der Waals surface area contributed by atoms with Gasteiger partial charge in [0, 0.05) is 51.6 Å². The summed E-state index contributed by atoms with van der Waals surface area (Å²) in [4.78, 5) is 2.31. The zero-order valence-electron chi connectivity index (χ0n) is 24.1. The van der Waals surface area contributed by atoms with E-state index in [2.05, 4.69) is 29.2 Å². The molecule has 6 aromatic rings. The quantitative estimate of drug-likeness (QED) is 0.194. The lowest BCUT2D eigenvalue weighted by atomic mass is 9.82. The number of fused-ring (bicyclic) bond motifs is 8. The Balaban J connectivity index is 1.39. The van der Waals surface area contributed by atoms with Crippen molar-refractivity contribution in [3.63, 3.8) is 0 Å². The third kappa shape index (κ3) is 3.98. The van der Waals surface area contributed by atoms with E-state index in [1.54, 1.807) is 25.3 Å². The molecule has 8 rings (SSSR count). The third-order valence-electron chi connectivity index (χ3n) is 8.96. The first-order valence-corrected chi connectivity index (χ1v) is 14.8. The fraction of sp³-hybridized carbons (Fsp3) is 0.158. The molecule has 0 aromatic heterocycles. The van der Waals surface area contributed by atoms with Crippen molar-refractivity contribution in [2.75, 3.05) is 38.3 Å². The molecule has 0 radical (unpaired) electrons. The minimum absolute atomic E-state index is 0.375. The topological polar surface area (TPSA) is 30.9 Å². The van der Waals surface area contributed by atoms with Gasteiger partial charge in [-0.2, -0.15) is 0 Å². The van der Waals surface area contributed by atoms with Gasteiger partial charge in [0.15, 0.2) is 17.1 Å². The molecule has 1 fully saturated rings. The molecule has 2 aliphatic heterocycles. The summed E-state index contributed by atoms with van der Waals surface area (Å²) in [5.74, 6) is 0.171. The highest BCUT2D eigenvalue weighted by atomic mass is 19.1. The minimum atomic E-state index is -0.991. The molecular formula is C38H29F2NO3. The molecule has 0 aliphatic carbocycles. The Morgan fingerprint density at radius 3 is 2.07 bits per heavy atom. The van der Waals surface area contributed by atoms with Crippen LogP contribution >= 0.6 is 0 Å². The number of rotatable bonds is 4. The summed E-state index contributed by atoms with van der Waals surface area (Å²) in [6, 6.07) is 30.1. The van der Waals surface area contributed by atoms with Crippen LogP contribution in [-0.4, -0.2) is 33.4 Å². The van der Waals surface area contributed by atoms with E-state index in [-0.39, 0.29) is 11.6 Å². The molecule has 6 aromatic carbocycles. The first-order valence-electron chi connectivity index (χ1n) is 14.8. The van der Waals surface area contributed by atoms with Crippen molar-refractivity contribution in [2.45, 2.75) is 5.60 Å². The van der Waals surface area contributed by atoms with Gasteiger partial charge < -0.3 is 19.1 Å². The smallest absolute Gasteiger partial charge is 0.178 e. The molecule has 2 aliphatic rings. The van der Waals surface area contributed by atoms with E-state index in [0.29, 0.717) is 62.6 Å². The van der Waals surface area contributed by atoms with Gasteiger partial charge in [0.25, 0.3) is 0 Å². The Bertz CT molecular complexity index is 2090. The van der Waals surface area contributed by atoms with E-state index in [9.17, 15) is 0 Å². The second-order valence-electron chi connectivity index (χ2n) is 11.3. The van der Waals surface area contributed by atoms with Crippen LogP contribution in [0.15, 0.2) is 103 Å². The number of ether oxygens (including phenoxy) is 3. The molecule has 1 atom stereocenters. The standard InChI is InChI=1S/C38H29F2NO3/c1-42-33-23-30-34-27(9-5-11-31(34)39)28-10-6-12-32(40)36(28)35(30)29-17-18-38(44-37(29)33,24-7-3-2-4-8-24)25-13-15-26(16-14-25)41-19-21-43-22-20-41/h2-18,23H,19-22H2,1H3. The summed E-state index contributed by atoms with van der Waals surface area (Å²) in [6.45, 7) is 3.11. The van der Waals surface area contributed by atoms with Gasteiger partial charge in [-0.1, -0.05) is 66.7 Å². The number of halogens is 2. The predicted molar refractivity (Wildman–Crippen MR) is 172 cm³/mol. The van der Waals surface area contributed by atoms with Crippen LogP contribution in [0.1, 0.15) is 16.7 Å². The third-order valence-corrected chi connectivity index (χ3v) is 8.96. The number of methoxy groups -OCH3 is 1. The van der Waals surface area contributed by atoms with Gasteiger partial charge in [-0.25, -0.2) is 8.78 Å². The van der Waals surface area contributed by atoms with Crippen molar-refractivity contribution < 1.29 is 23.0 Å². The summed E-state index contributed by atoms with van der Waals surface area (Å²) < 4.78 is 49.9. The van der Waals surface area contributed by atoms with Crippen molar-refractivity contribution in [3.05, 3.63) is 131 Å². The number of hydrogen-bond donors (Lipinski definition) is 0. The van der Waals surface area contributed by atoms with Gasteiger partial charge in [0.2, 0.25) is 0 Å². The molecule has 4 nitrogen and oxygen atoms in total. The molecule has 0 saturated carbocycles. The van der Waals surface area contributed by atoms with Crippen molar-refractivity contribution in [1.29, 1.82) is 0 Å². The lowest BCUT2D eigenvalue weighted by Crippen LogP contribution is -2.36. The maximum absolute atomic E-state index is 15.8. The maximum Gasteiger partial charge on any atom is 0.178 e. The van der Waals surface area contributed by atoms with E-state index < -0.39 is 5.60 Å². The molecule has 2 heterocycles. The van der Waals surface area contributed by atoms with Gasteiger partial charge in [0.1, 0.15) is 11.6 Å². The van der Waals surface area contributed by atoms with Crippen molar-refractivity contribution in [1.82, 2.24) is 0 Å². The van der Waals surface area contributed by atoms with Crippen molar-refractivity contribution in [3.8, 4) is 11.5 Å². The summed E-state index contributed by atoms with van der Waals surface area (Å²) in [5, 5.41) is 3.30. The normalized spacial score (nSPS) is 18.0. The van der Waals surface area contributed by atoms with Gasteiger partial charge >= 0.3 is 0 Å². The van der Waals surface area contributed by atoms with Gasteiger partial charge in [-0.3, -0.25) is 0 Å². The highest BCUT2D eigenvalue weighted by molar-refractivity contribution is 6.28. The Hall–Kier alpha value is -4.94. The number of morpholine rings is 1. The van der Waals surface area contributed by atoms with Crippen LogP contribution in [0.4, 0.5) is 14.5 Å². The molecule has 218 valence electrons. The zero-order valence-corrected chi connectivity index (χ0v) is 24.1. The van der Waals surface area contributed by atoms with Gasteiger partial charge in [-0.05, 0) is 58.6 Å². The zero-order chi connectivity index (χ0) is 29.8. The van der Waals surface area contributed by atoms with E-state index in [4.69, 9.17) is 14.2 Å². The van der Waals surface area contributed by atoms with Crippen LogP contribution in [0, 0.1) is 11.6 Å². The van der Waals surface area contributed by atoms with E-state index >= 15 is 8.78 Å². The minimum Gasteiger partial charge on any atom is -0.493 e. The lowest BCUT2D eigenvalue weighted by Gasteiger charge is -2.37. The number of nitrogens with zero attached hydrogens (tertiary/aromatic N) is 1. The Morgan fingerprint density at radius 1 is 0.705 bits per heavy atom. The Kier molecular flexibility index (Phi) is 6.27. The number of benzene rings is 6. The fourth-order valence-corrected chi connectivity index (χ4v) is 6.87. The first-order chi connectivity index (χ1) is 21.6. The monoisotopic (exact) mass is 585 g/mol. The molecular weight excluding hydrogens is 556 g/mol. The number of anilines is 1. The van der Waals surface area contributed by atoms with E-state index in [1.165, 1.54) is 12.1 Å². The SMILES string of the molecule is COc1cc2c3c(F)cccc3c3cccc(F)c3c2c2c1OC(c1ccccc1)(c1ccc(N3CCOCC3)cc1)C=C2. The van der Waals surface area contributed by atoms with Crippen LogP contribution in [0.2, 0.25) is 0 Å². The fourth-order valence-electron chi connectivity index (χ4n) is 6.87. The number of hydrogen-bond acceptors (Lipinski definition) is 4. The van der Waals surface area contributed by atoms with E-state index in [1.807, 2.05) is 54.6 Å². The highest BCUT2D eigenvalue weighted by Gasteiger charge is 2.39. The van der Waals surface area contributed by atoms with Crippen LogP contribution in [0.5, 0.6) is 11.5 Å². The molecule has 0 N–H and O–H groups in total. The van der Waals surface area contributed by atoms with Crippen LogP contribution < -0.4 is 14.4 Å². The maximum atomic E-state index is 15.8. The molecule has 6 heteroatoms. The average molecular weight is 586 g/mol. The largest absolute Gasteiger partial charge is 0.493 e.